The van der Waals surface area contributed by atoms with E-state index in [1.54, 1.807) is 76.2 Å². The molecule has 216 valence electrons. The monoisotopic (exact) mass is 564 g/mol. The summed E-state index contributed by atoms with van der Waals surface area (Å²) in [5.41, 5.74) is 1.56. The minimum Gasteiger partial charge on any atom is -0.155 e. The van der Waals surface area contributed by atoms with E-state index in [1.165, 1.54) is 51.4 Å². The van der Waals surface area contributed by atoms with Gasteiger partial charge in [-0.1, -0.05) is 37.1 Å². The quantitative estimate of drug-likeness (QED) is 0.313. The largest absolute Gasteiger partial charge is 0.155 e. The molecule has 2 heterocycles. The van der Waals surface area contributed by atoms with Gasteiger partial charge in [-0.2, -0.15) is 23.5 Å². The van der Waals surface area contributed by atoms with E-state index < -0.39 is 0 Å². The number of hydrogen-bond donors (Lipinski definition) is 0. The molecule has 5 saturated carbocycles. The Hall–Kier alpha value is 0.180. The van der Waals surface area contributed by atoms with Gasteiger partial charge in [-0.15, -0.1) is 0 Å². The topological polar surface area (TPSA) is 0 Å². The van der Waals surface area contributed by atoms with E-state index >= 15 is 0 Å². The highest BCUT2D eigenvalue weighted by atomic mass is 32.2. The average molecular weight is 565 g/mol. The molecule has 2 aliphatic heterocycles. The first-order valence-corrected chi connectivity index (χ1v) is 19.7. The second-order valence-corrected chi connectivity index (χ2v) is 18.9. The van der Waals surface area contributed by atoms with Crippen molar-refractivity contribution in [3.05, 3.63) is 24.3 Å². The summed E-state index contributed by atoms with van der Waals surface area (Å²) in [5.74, 6) is 10.6. The zero-order valence-electron chi connectivity index (χ0n) is 24.7. The lowest BCUT2D eigenvalue weighted by Gasteiger charge is -2.49. The van der Waals surface area contributed by atoms with Crippen LogP contribution in [0, 0.1) is 59.2 Å². The Morgan fingerprint density at radius 2 is 1.13 bits per heavy atom. The molecule has 0 amide bonds. The van der Waals surface area contributed by atoms with Crippen LogP contribution in [0.15, 0.2) is 24.3 Å². The molecular formula is C37H56S2. The normalized spacial score (nSPS) is 52.1. The molecule has 39 heavy (non-hydrogen) atoms. The van der Waals surface area contributed by atoms with Crippen molar-refractivity contribution < 1.29 is 0 Å². The molecule has 2 heteroatoms. The molecule has 2 saturated heterocycles. The van der Waals surface area contributed by atoms with E-state index in [2.05, 4.69) is 42.3 Å². The lowest BCUT2D eigenvalue weighted by molar-refractivity contribution is 0.0280. The number of allylic oxidation sites excluding steroid dienone is 2. The van der Waals surface area contributed by atoms with Gasteiger partial charge < -0.3 is 0 Å². The van der Waals surface area contributed by atoms with Gasteiger partial charge in [0.2, 0.25) is 0 Å². The van der Waals surface area contributed by atoms with Crippen LogP contribution in [0.2, 0.25) is 0 Å². The van der Waals surface area contributed by atoms with Crippen LogP contribution in [0.25, 0.3) is 0 Å². The first-order chi connectivity index (χ1) is 19.2. The number of thioether (sulfide) groups is 2. The van der Waals surface area contributed by atoms with Crippen molar-refractivity contribution in [3.8, 4) is 0 Å². The summed E-state index contributed by atoms with van der Waals surface area (Å²) in [6, 6.07) is 0. The molecule has 0 aromatic carbocycles. The van der Waals surface area contributed by atoms with Gasteiger partial charge in [-0.05, 0) is 168 Å². The van der Waals surface area contributed by atoms with Crippen LogP contribution in [-0.4, -0.2) is 21.0 Å². The summed E-state index contributed by atoms with van der Waals surface area (Å²) in [4.78, 5) is 0. The molecule has 0 radical (unpaired) electrons. The molecule has 6 aliphatic carbocycles. The fourth-order valence-corrected chi connectivity index (χ4v) is 16.3. The standard InChI is InChI=1S/C37H56S2/c1-23-10-12-24(13-11-23)27-18-28(25-14-16-36-32(21-25)30-6-2-4-8-34(30)38-36)20-29(19-27)26-15-17-37-33(22-26)31-7-3-5-9-35(31)39-37/h4,8,24-37H,1-3,5-7,9-22H2. The Kier molecular flexibility index (Phi) is 7.80. The fourth-order valence-electron chi connectivity index (χ4n) is 12.3. The average Bonchev–Trinajstić information content (AvgIpc) is 3.55. The third kappa shape index (κ3) is 5.18. The van der Waals surface area contributed by atoms with Crippen LogP contribution in [0.1, 0.15) is 122 Å². The van der Waals surface area contributed by atoms with E-state index in [-0.39, 0.29) is 0 Å². The van der Waals surface area contributed by atoms with Gasteiger partial charge in [0.25, 0.3) is 0 Å². The zero-order chi connectivity index (χ0) is 25.9. The van der Waals surface area contributed by atoms with Crippen LogP contribution in [0.5, 0.6) is 0 Å². The number of hydrogen-bond acceptors (Lipinski definition) is 2. The second kappa shape index (κ2) is 11.4. The highest BCUT2D eigenvalue weighted by Crippen LogP contribution is 2.60. The molecule has 7 fully saturated rings. The van der Waals surface area contributed by atoms with Crippen LogP contribution >= 0.6 is 23.5 Å². The maximum Gasteiger partial charge on any atom is 0.0261 e. The van der Waals surface area contributed by atoms with Crippen molar-refractivity contribution in [1.82, 2.24) is 0 Å². The molecule has 13 unspecified atom stereocenters. The van der Waals surface area contributed by atoms with E-state index in [0.717, 1.165) is 80.2 Å². The molecule has 0 N–H and O–H groups in total. The summed E-state index contributed by atoms with van der Waals surface area (Å²) < 4.78 is 0. The van der Waals surface area contributed by atoms with E-state index in [0.29, 0.717) is 0 Å². The predicted octanol–water partition coefficient (Wildman–Crippen LogP) is 10.7. The maximum absolute atomic E-state index is 4.39. The molecule has 0 nitrogen and oxygen atoms in total. The minimum absolute atomic E-state index is 0.873. The van der Waals surface area contributed by atoms with E-state index in [9.17, 15) is 0 Å². The smallest absolute Gasteiger partial charge is 0.0261 e. The lowest BCUT2D eigenvalue weighted by atomic mass is 9.57. The van der Waals surface area contributed by atoms with Crippen LogP contribution in [-0.2, 0) is 0 Å². The van der Waals surface area contributed by atoms with Crippen molar-refractivity contribution in [1.29, 1.82) is 0 Å². The number of rotatable bonds is 3. The summed E-state index contributed by atoms with van der Waals surface area (Å²) in [5, 5.41) is 3.96. The van der Waals surface area contributed by atoms with E-state index in [1.807, 2.05) is 0 Å². The van der Waals surface area contributed by atoms with Gasteiger partial charge >= 0.3 is 0 Å². The molecule has 0 aromatic rings. The van der Waals surface area contributed by atoms with Gasteiger partial charge in [-0.3, -0.25) is 0 Å². The molecule has 0 spiro atoms. The Bertz CT molecular complexity index is 912. The van der Waals surface area contributed by atoms with Crippen molar-refractivity contribution >= 4 is 23.5 Å². The summed E-state index contributed by atoms with van der Waals surface area (Å²) in [6.07, 6.45) is 34.1. The molecule has 13 atom stereocenters. The van der Waals surface area contributed by atoms with Gasteiger partial charge in [0.15, 0.2) is 0 Å². The van der Waals surface area contributed by atoms with Gasteiger partial charge in [0, 0.05) is 21.0 Å². The van der Waals surface area contributed by atoms with Gasteiger partial charge in [-0.25, -0.2) is 0 Å². The Morgan fingerprint density at radius 3 is 1.87 bits per heavy atom. The summed E-state index contributed by atoms with van der Waals surface area (Å²) in [6.45, 7) is 4.39. The Labute approximate surface area is 249 Å². The fraction of sp³-hybridized carbons (Fsp3) is 0.892. The zero-order valence-corrected chi connectivity index (χ0v) is 26.3. The summed E-state index contributed by atoms with van der Waals surface area (Å²) in [7, 11) is 0. The lowest BCUT2D eigenvalue weighted by Crippen LogP contribution is -2.40. The first kappa shape index (κ1) is 26.8. The van der Waals surface area contributed by atoms with Crippen molar-refractivity contribution in [2.24, 2.45) is 59.2 Å². The Morgan fingerprint density at radius 1 is 0.513 bits per heavy atom. The van der Waals surface area contributed by atoms with Gasteiger partial charge in [0.1, 0.15) is 0 Å². The SMILES string of the molecule is C=C1CCC(C2CC(C3CCC4SC5C=CCCC5C4C3)CC(C3CCC4SC5CCCCC5C4C3)C2)CC1. The molecular weight excluding hydrogens is 509 g/mol. The third-order valence-corrected chi connectivity index (χ3v) is 17.9. The number of fused-ring (bicyclic) bond motifs is 6. The maximum atomic E-state index is 4.39. The third-order valence-electron chi connectivity index (χ3n) is 14.3. The van der Waals surface area contributed by atoms with Crippen LogP contribution in [0.3, 0.4) is 0 Å². The molecule has 0 bridgehead atoms. The minimum atomic E-state index is 0.873. The van der Waals surface area contributed by atoms with Gasteiger partial charge in [0.05, 0.1) is 0 Å². The highest BCUT2D eigenvalue weighted by molar-refractivity contribution is 8.01. The first-order valence-electron chi connectivity index (χ1n) is 17.8. The molecule has 8 rings (SSSR count). The van der Waals surface area contributed by atoms with Crippen molar-refractivity contribution in [3.63, 3.8) is 0 Å². The summed E-state index contributed by atoms with van der Waals surface area (Å²) >= 11 is 4.87. The Balaban J connectivity index is 0.994. The van der Waals surface area contributed by atoms with E-state index in [4.69, 9.17) is 0 Å². The van der Waals surface area contributed by atoms with Crippen molar-refractivity contribution in [2.75, 3.05) is 0 Å². The molecule has 8 aliphatic rings. The second-order valence-electron chi connectivity index (χ2n) is 16.0. The molecule has 0 aromatic heterocycles. The van der Waals surface area contributed by atoms with Crippen molar-refractivity contribution in [2.45, 2.75) is 143 Å². The highest BCUT2D eigenvalue weighted by Gasteiger charge is 2.51. The van der Waals surface area contributed by atoms with Crippen LogP contribution in [0.4, 0.5) is 0 Å². The van der Waals surface area contributed by atoms with Crippen LogP contribution < -0.4 is 0 Å². The predicted molar refractivity (Wildman–Crippen MR) is 171 cm³/mol.